The van der Waals surface area contributed by atoms with Gasteiger partial charge in [0, 0.05) is 5.02 Å². The quantitative estimate of drug-likeness (QED) is 0.865. The molecule has 0 aliphatic carbocycles. The topological polar surface area (TPSA) is 55.1 Å². The fraction of sp³-hybridized carbons (Fsp3) is 0.0909. The lowest BCUT2D eigenvalue weighted by molar-refractivity contribution is -0.142. The first-order valence-corrected chi connectivity index (χ1v) is 5.43. The van der Waals surface area contributed by atoms with E-state index in [1.807, 2.05) is 0 Å². The lowest BCUT2D eigenvalue weighted by Gasteiger charge is -2.12. The lowest BCUT2D eigenvalue weighted by atomic mass is 10.2. The van der Waals surface area contributed by atoms with Gasteiger partial charge < -0.3 is 5.11 Å². The molecule has 20 heavy (non-hydrogen) atoms. The number of hydrogen-bond acceptors (Lipinski definition) is 2. The van der Waals surface area contributed by atoms with E-state index in [2.05, 4.69) is 4.98 Å². The molecule has 2 aromatic rings. The zero-order valence-corrected chi connectivity index (χ0v) is 10.2. The smallest absolute Gasteiger partial charge is 0.434 e. The number of halogens is 5. The summed E-state index contributed by atoms with van der Waals surface area (Å²) in [5.74, 6) is -2.89. The lowest BCUT2D eigenvalue weighted by Crippen LogP contribution is -2.17. The monoisotopic (exact) mass is 308 g/mol. The molecule has 0 radical (unpaired) electrons. The summed E-state index contributed by atoms with van der Waals surface area (Å²) in [6, 6.07) is 3.00. The maximum atomic E-state index is 13.7. The molecule has 0 unspecified atom stereocenters. The Morgan fingerprint density at radius 1 is 1.35 bits per heavy atom. The van der Waals surface area contributed by atoms with Crippen LogP contribution in [0.2, 0.25) is 5.02 Å². The van der Waals surface area contributed by atoms with Gasteiger partial charge in [0.15, 0.2) is 11.4 Å². The molecule has 0 saturated carbocycles. The van der Waals surface area contributed by atoms with Gasteiger partial charge in [-0.3, -0.25) is 4.57 Å². The van der Waals surface area contributed by atoms with E-state index in [-0.39, 0.29) is 5.02 Å². The Morgan fingerprint density at radius 2 is 2.00 bits per heavy atom. The Bertz CT molecular complexity index is 682. The number of benzene rings is 1. The van der Waals surface area contributed by atoms with Gasteiger partial charge >= 0.3 is 12.1 Å². The number of aromatic nitrogens is 2. The average Bonchev–Trinajstić information content (AvgIpc) is 2.73. The standard InChI is InChI=1S/C11H5ClF4N2O2/c12-5-1-2-7(6(13)3-5)18-4-17-8(10(19)20)9(18)11(14,15)16/h1-4H,(H,19,20). The molecule has 0 atom stereocenters. The van der Waals surface area contributed by atoms with E-state index in [0.29, 0.717) is 10.9 Å². The number of nitrogens with zero attached hydrogens (tertiary/aromatic N) is 2. The SMILES string of the molecule is O=C(O)c1ncn(-c2ccc(Cl)cc2F)c1C(F)(F)F. The molecule has 1 aromatic carbocycles. The second-order valence-electron chi connectivity index (χ2n) is 3.71. The summed E-state index contributed by atoms with van der Waals surface area (Å²) < 4.78 is 52.8. The van der Waals surface area contributed by atoms with E-state index in [9.17, 15) is 22.4 Å². The molecule has 1 heterocycles. The van der Waals surface area contributed by atoms with E-state index in [4.69, 9.17) is 16.7 Å². The van der Waals surface area contributed by atoms with Crippen LogP contribution in [0.5, 0.6) is 0 Å². The van der Waals surface area contributed by atoms with Crippen molar-refractivity contribution >= 4 is 17.6 Å². The van der Waals surface area contributed by atoms with Crippen molar-refractivity contribution in [3.8, 4) is 5.69 Å². The molecule has 9 heteroatoms. The Balaban J connectivity index is 2.72. The van der Waals surface area contributed by atoms with Gasteiger partial charge in [0.2, 0.25) is 0 Å². The van der Waals surface area contributed by atoms with Crippen molar-refractivity contribution < 1.29 is 27.5 Å². The maximum absolute atomic E-state index is 13.7. The summed E-state index contributed by atoms with van der Waals surface area (Å²) in [4.78, 5) is 13.9. The van der Waals surface area contributed by atoms with Gasteiger partial charge in [-0.25, -0.2) is 14.2 Å². The molecule has 106 valence electrons. The fourth-order valence-corrected chi connectivity index (χ4v) is 1.79. The van der Waals surface area contributed by atoms with Gasteiger partial charge in [-0.2, -0.15) is 13.2 Å². The summed E-state index contributed by atoms with van der Waals surface area (Å²) in [6.07, 6.45) is -4.41. The third kappa shape index (κ3) is 2.46. The van der Waals surface area contributed by atoms with E-state index in [1.54, 1.807) is 0 Å². The predicted molar refractivity (Wildman–Crippen MR) is 60.5 cm³/mol. The minimum atomic E-state index is -5.00. The maximum Gasteiger partial charge on any atom is 0.434 e. The van der Waals surface area contributed by atoms with Crippen LogP contribution in [-0.2, 0) is 6.18 Å². The van der Waals surface area contributed by atoms with E-state index in [0.717, 1.165) is 12.1 Å². The highest BCUT2D eigenvalue weighted by Gasteiger charge is 2.41. The Labute approximate surface area is 114 Å². The summed E-state index contributed by atoms with van der Waals surface area (Å²) in [6.45, 7) is 0. The summed E-state index contributed by atoms with van der Waals surface area (Å²) in [7, 11) is 0. The normalized spacial score (nSPS) is 11.7. The highest BCUT2D eigenvalue weighted by molar-refractivity contribution is 6.30. The number of imidazole rings is 1. The van der Waals surface area contributed by atoms with Crippen LogP contribution < -0.4 is 0 Å². The van der Waals surface area contributed by atoms with Crippen molar-refractivity contribution in [1.29, 1.82) is 0 Å². The van der Waals surface area contributed by atoms with Crippen molar-refractivity contribution in [3.05, 3.63) is 46.8 Å². The third-order valence-corrected chi connectivity index (χ3v) is 2.64. The highest BCUT2D eigenvalue weighted by atomic mass is 35.5. The molecular weight excluding hydrogens is 304 g/mol. The molecule has 1 aromatic heterocycles. The molecule has 0 aliphatic rings. The van der Waals surface area contributed by atoms with Crippen molar-refractivity contribution in [2.24, 2.45) is 0 Å². The molecule has 0 amide bonds. The molecule has 0 aliphatic heterocycles. The Kier molecular flexibility index (Phi) is 3.43. The van der Waals surface area contributed by atoms with Crippen molar-refractivity contribution in [2.45, 2.75) is 6.18 Å². The minimum absolute atomic E-state index is 0.00150. The van der Waals surface area contributed by atoms with E-state index >= 15 is 0 Å². The van der Waals surface area contributed by atoms with Crippen LogP contribution in [0, 0.1) is 5.82 Å². The molecule has 0 saturated heterocycles. The second kappa shape index (κ2) is 4.78. The number of carbonyl (C=O) groups is 1. The number of carboxylic acids is 1. The van der Waals surface area contributed by atoms with Crippen molar-refractivity contribution in [2.75, 3.05) is 0 Å². The van der Waals surface area contributed by atoms with E-state index in [1.165, 1.54) is 6.07 Å². The molecular formula is C11H5ClF4N2O2. The summed E-state index contributed by atoms with van der Waals surface area (Å²) >= 11 is 5.51. The molecule has 1 N–H and O–H groups in total. The van der Waals surface area contributed by atoms with Gasteiger partial charge in [-0.05, 0) is 18.2 Å². The fourth-order valence-electron chi connectivity index (χ4n) is 1.64. The van der Waals surface area contributed by atoms with Gasteiger partial charge in [0.05, 0.1) is 5.69 Å². The molecule has 0 spiro atoms. The zero-order chi connectivity index (χ0) is 15.1. The van der Waals surface area contributed by atoms with Gasteiger partial charge in [0.1, 0.15) is 12.1 Å². The van der Waals surface area contributed by atoms with Crippen molar-refractivity contribution in [3.63, 3.8) is 0 Å². The largest absolute Gasteiger partial charge is 0.476 e. The van der Waals surface area contributed by atoms with Gasteiger partial charge in [0.25, 0.3) is 0 Å². The summed E-state index contributed by atoms with van der Waals surface area (Å²) in [5, 5.41) is 8.71. The number of hydrogen-bond donors (Lipinski definition) is 1. The summed E-state index contributed by atoms with van der Waals surface area (Å²) in [5.41, 5.74) is -3.26. The molecule has 2 rings (SSSR count). The van der Waals surface area contributed by atoms with Crippen LogP contribution in [0.15, 0.2) is 24.5 Å². The molecule has 4 nitrogen and oxygen atoms in total. The number of carboxylic acid groups (broad SMARTS) is 1. The molecule has 0 bridgehead atoms. The number of alkyl halides is 3. The van der Waals surface area contributed by atoms with Crippen LogP contribution >= 0.6 is 11.6 Å². The van der Waals surface area contributed by atoms with Crippen LogP contribution in [0.3, 0.4) is 0 Å². The Hall–Kier alpha value is -2.09. The van der Waals surface area contributed by atoms with Crippen molar-refractivity contribution in [1.82, 2.24) is 9.55 Å². The Morgan fingerprint density at radius 3 is 2.50 bits per heavy atom. The predicted octanol–water partition coefficient (Wildman–Crippen LogP) is 3.38. The van der Waals surface area contributed by atoms with Crippen LogP contribution in [-0.4, -0.2) is 20.6 Å². The number of rotatable bonds is 2. The first-order valence-electron chi connectivity index (χ1n) is 5.05. The third-order valence-electron chi connectivity index (χ3n) is 2.41. The zero-order valence-electron chi connectivity index (χ0n) is 9.45. The average molecular weight is 309 g/mol. The second-order valence-corrected chi connectivity index (χ2v) is 4.15. The van der Waals surface area contributed by atoms with Crippen LogP contribution in [0.4, 0.5) is 17.6 Å². The van der Waals surface area contributed by atoms with E-state index < -0.39 is 35.0 Å². The first-order chi connectivity index (χ1) is 9.21. The molecule has 0 fully saturated rings. The highest BCUT2D eigenvalue weighted by Crippen LogP contribution is 2.34. The van der Waals surface area contributed by atoms with Gasteiger partial charge in [-0.1, -0.05) is 11.6 Å². The van der Waals surface area contributed by atoms with Gasteiger partial charge in [-0.15, -0.1) is 0 Å². The van der Waals surface area contributed by atoms with Crippen LogP contribution in [0.1, 0.15) is 16.2 Å². The number of aromatic carboxylic acids is 1. The van der Waals surface area contributed by atoms with Crippen LogP contribution in [0.25, 0.3) is 5.69 Å². The minimum Gasteiger partial charge on any atom is -0.476 e. The first kappa shape index (κ1) is 14.3.